The molecule has 4 rings (SSSR count). The largest absolute Gasteiger partial charge is 0.490 e. The number of rotatable bonds is 6. The fraction of sp³-hybridized carbons (Fsp3) is 0.318. The maximum atomic E-state index is 13.3. The molecule has 0 spiro atoms. The van der Waals surface area contributed by atoms with Crippen LogP contribution >= 0.6 is 11.3 Å². The Hall–Kier alpha value is -2.87. The van der Waals surface area contributed by atoms with Crippen LogP contribution in [0.3, 0.4) is 0 Å². The Kier molecular flexibility index (Phi) is 6.32. The number of halogens is 2. The van der Waals surface area contributed by atoms with Crippen molar-refractivity contribution in [1.82, 2.24) is 10.2 Å². The zero-order valence-corrected chi connectivity index (χ0v) is 17.1. The molecule has 156 valence electrons. The lowest BCUT2D eigenvalue weighted by Gasteiger charge is -2.23. The summed E-state index contributed by atoms with van der Waals surface area (Å²) >= 11 is 1.17. The standard InChI is InChI=1S/C22H21F2N3O2S/c23-16-10-14(11-17(24)13-16)12-20-26-27-22(30-20)25-21(28)15-6-8-19(9-7-15)29-18-4-2-1-3-5-18/h6-11,13,18H,1-5,12H2,(H,25,27,28). The van der Waals surface area contributed by atoms with Gasteiger partial charge in [-0.3, -0.25) is 10.1 Å². The van der Waals surface area contributed by atoms with Crippen LogP contribution in [0.5, 0.6) is 5.75 Å². The van der Waals surface area contributed by atoms with E-state index in [4.69, 9.17) is 4.74 Å². The number of hydrogen-bond donors (Lipinski definition) is 1. The summed E-state index contributed by atoms with van der Waals surface area (Å²) in [4.78, 5) is 12.5. The van der Waals surface area contributed by atoms with Crippen molar-refractivity contribution in [3.63, 3.8) is 0 Å². The predicted molar refractivity (Wildman–Crippen MR) is 111 cm³/mol. The Bertz CT molecular complexity index is 997. The highest BCUT2D eigenvalue weighted by molar-refractivity contribution is 7.15. The number of carbonyl (C=O) groups excluding carboxylic acids is 1. The molecule has 8 heteroatoms. The van der Waals surface area contributed by atoms with Crippen molar-refractivity contribution in [2.75, 3.05) is 5.32 Å². The highest BCUT2D eigenvalue weighted by Crippen LogP contribution is 2.24. The Morgan fingerprint density at radius 1 is 1.03 bits per heavy atom. The first-order valence-electron chi connectivity index (χ1n) is 9.90. The third-order valence-electron chi connectivity index (χ3n) is 4.94. The van der Waals surface area contributed by atoms with Crippen molar-refractivity contribution < 1.29 is 18.3 Å². The fourth-order valence-corrected chi connectivity index (χ4v) is 4.26. The Morgan fingerprint density at radius 2 is 1.73 bits per heavy atom. The first kappa shape index (κ1) is 20.4. The number of hydrogen-bond acceptors (Lipinski definition) is 5. The van der Waals surface area contributed by atoms with Gasteiger partial charge < -0.3 is 4.74 Å². The molecule has 2 aromatic carbocycles. The molecule has 0 bridgehead atoms. The average molecular weight is 429 g/mol. The first-order chi connectivity index (χ1) is 14.5. The SMILES string of the molecule is O=C(Nc1nnc(Cc2cc(F)cc(F)c2)s1)c1ccc(OC2CCCCC2)cc1. The molecule has 3 aromatic rings. The molecular formula is C22H21F2N3O2S. The van der Waals surface area contributed by atoms with Gasteiger partial charge in [-0.05, 0) is 67.6 Å². The Labute approximate surface area is 177 Å². The number of carbonyl (C=O) groups is 1. The van der Waals surface area contributed by atoms with E-state index in [1.807, 2.05) is 0 Å². The van der Waals surface area contributed by atoms with E-state index >= 15 is 0 Å². The molecule has 0 atom stereocenters. The van der Waals surface area contributed by atoms with E-state index in [0.717, 1.165) is 24.7 Å². The lowest BCUT2D eigenvalue weighted by atomic mass is 9.98. The van der Waals surface area contributed by atoms with Gasteiger partial charge >= 0.3 is 0 Å². The van der Waals surface area contributed by atoms with E-state index in [9.17, 15) is 13.6 Å². The Morgan fingerprint density at radius 3 is 2.43 bits per heavy atom. The second-order valence-electron chi connectivity index (χ2n) is 7.31. The van der Waals surface area contributed by atoms with Crippen LogP contribution in [0, 0.1) is 11.6 Å². The minimum atomic E-state index is -0.640. The van der Waals surface area contributed by atoms with Crippen molar-refractivity contribution in [2.24, 2.45) is 0 Å². The van der Waals surface area contributed by atoms with Gasteiger partial charge in [-0.1, -0.05) is 17.8 Å². The molecule has 0 unspecified atom stereocenters. The molecule has 1 N–H and O–H groups in total. The van der Waals surface area contributed by atoms with Crippen LogP contribution in [-0.2, 0) is 6.42 Å². The van der Waals surface area contributed by atoms with Crippen molar-refractivity contribution in [3.05, 3.63) is 70.2 Å². The van der Waals surface area contributed by atoms with Gasteiger partial charge in [0.25, 0.3) is 5.91 Å². The predicted octanol–water partition coefficient (Wildman–Crippen LogP) is 5.37. The summed E-state index contributed by atoms with van der Waals surface area (Å²) in [6.45, 7) is 0. The topological polar surface area (TPSA) is 64.1 Å². The minimum absolute atomic E-state index is 0.232. The van der Waals surface area contributed by atoms with Crippen LogP contribution in [0.15, 0.2) is 42.5 Å². The number of aromatic nitrogens is 2. The molecule has 1 fully saturated rings. The molecule has 1 amide bonds. The summed E-state index contributed by atoms with van der Waals surface area (Å²) in [5.74, 6) is -0.824. The highest BCUT2D eigenvalue weighted by Gasteiger charge is 2.16. The van der Waals surface area contributed by atoms with Crippen LogP contribution in [0.2, 0.25) is 0 Å². The van der Waals surface area contributed by atoms with Gasteiger partial charge in [0.1, 0.15) is 22.4 Å². The van der Waals surface area contributed by atoms with Gasteiger partial charge in [0.2, 0.25) is 5.13 Å². The molecule has 1 saturated carbocycles. The van der Waals surface area contributed by atoms with E-state index in [1.165, 1.54) is 42.7 Å². The van der Waals surface area contributed by atoms with E-state index in [1.54, 1.807) is 24.3 Å². The van der Waals surface area contributed by atoms with E-state index in [0.29, 0.717) is 21.3 Å². The highest BCUT2D eigenvalue weighted by atomic mass is 32.1. The van der Waals surface area contributed by atoms with Crippen LogP contribution in [0.4, 0.5) is 13.9 Å². The molecule has 0 radical (unpaired) electrons. The van der Waals surface area contributed by atoms with Crippen molar-refractivity contribution in [2.45, 2.75) is 44.6 Å². The quantitative estimate of drug-likeness (QED) is 0.572. The normalized spacial score (nSPS) is 14.5. The molecule has 1 aliphatic rings. The summed E-state index contributed by atoms with van der Waals surface area (Å²) in [6.07, 6.45) is 6.30. The molecule has 5 nitrogen and oxygen atoms in total. The number of nitrogens with zero attached hydrogens (tertiary/aromatic N) is 2. The molecular weight excluding hydrogens is 408 g/mol. The third kappa shape index (κ3) is 5.38. The Balaban J connectivity index is 1.34. The van der Waals surface area contributed by atoms with Gasteiger partial charge in [0.05, 0.1) is 6.10 Å². The zero-order valence-electron chi connectivity index (χ0n) is 16.2. The molecule has 0 aliphatic heterocycles. The maximum Gasteiger partial charge on any atom is 0.257 e. The smallest absolute Gasteiger partial charge is 0.257 e. The summed E-state index contributed by atoms with van der Waals surface area (Å²) in [6, 6.07) is 10.3. The second-order valence-corrected chi connectivity index (χ2v) is 8.37. The van der Waals surface area contributed by atoms with Crippen molar-refractivity contribution >= 4 is 22.4 Å². The molecule has 30 heavy (non-hydrogen) atoms. The lowest BCUT2D eigenvalue weighted by Crippen LogP contribution is -2.19. The monoisotopic (exact) mass is 429 g/mol. The third-order valence-corrected chi connectivity index (χ3v) is 5.78. The van der Waals surface area contributed by atoms with E-state index < -0.39 is 11.6 Å². The number of amides is 1. The summed E-state index contributed by atoms with van der Waals surface area (Å²) in [5.41, 5.74) is 0.935. The van der Waals surface area contributed by atoms with Gasteiger partial charge in [-0.2, -0.15) is 0 Å². The van der Waals surface area contributed by atoms with Gasteiger partial charge in [0.15, 0.2) is 0 Å². The minimum Gasteiger partial charge on any atom is -0.490 e. The van der Waals surface area contributed by atoms with Crippen LogP contribution in [-0.4, -0.2) is 22.2 Å². The average Bonchev–Trinajstić information content (AvgIpc) is 3.15. The second kappa shape index (κ2) is 9.30. The van der Waals surface area contributed by atoms with E-state index in [-0.39, 0.29) is 18.4 Å². The fourth-order valence-electron chi connectivity index (χ4n) is 3.49. The number of benzene rings is 2. The van der Waals surface area contributed by atoms with Crippen LogP contribution in [0.1, 0.15) is 53.0 Å². The number of anilines is 1. The van der Waals surface area contributed by atoms with Gasteiger partial charge in [-0.15, -0.1) is 10.2 Å². The summed E-state index contributed by atoms with van der Waals surface area (Å²) < 4.78 is 32.6. The van der Waals surface area contributed by atoms with E-state index in [2.05, 4.69) is 15.5 Å². The van der Waals surface area contributed by atoms with Crippen molar-refractivity contribution in [3.8, 4) is 5.75 Å². The number of ether oxygens (including phenoxy) is 1. The van der Waals surface area contributed by atoms with Crippen LogP contribution in [0.25, 0.3) is 0 Å². The summed E-state index contributed by atoms with van der Waals surface area (Å²) in [5, 5.41) is 11.5. The molecule has 1 aliphatic carbocycles. The maximum absolute atomic E-state index is 13.3. The van der Waals surface area contributed by atoms with Crippen molar-refractivity contribution in [1.29, 1.82) is 0 Å². The van der Waals surface area contributed by atoms with Crippen LogP contribution < -0.4 is 10.1 Å². The molecule has 1 heterocycles. The van der Waals surface area contributed by atoms with Gasteiger partial charge in [-0.25, -0.2) is 8.78 Å². The lowest BCUT2D eigenvalue weighted by molar-refractivity contribution is 0.102. The zero-order chi connectivity index (χ0) is 20.9. The first-order valence-corrected chi connectivity index (χ1v) is 10.7. The summed E-state index contributed by atoms with van der Waals surface area (Å²) in [7, 11) is 0. The van der Waals surface area contributed by atoms with Gasteiger partial charge in [0, 0.05) is 18.1 Å². The number of nitrogens with one attached hydrogen (secondary N) is 1. The molecule has 0 saturated heterocycles. The molecule has 1 aromatic heterocycles.